The predicted molar refractivity (Wildman–Crippen MR) is 105 cm³/mol. The van der Waals surface area contributed by atoms with E-state index in [0.717, 1.165) is 12.1 Å². The fourth-order valence-corrected chi connectivity index (χ4v) is 2.43. The number of nitro groups is 1. The summed E-state index contributed by atoms with van der Waals surface area (Å²) in [7, 11) is 1.46. The first-order chi connectivity index (χ1) is 15.0. The first kappa shape index (κ1) is 24.1. The normalized spacial score (nSPS) is 11.3. The van der Waals surface area contributed by atoms with E-state index in [4.69, 9.17) is 4.74 Å². The van der Waals surface area contributed by atoms with Gasteiger partial charge in [-0.15, -0.1) is 0 Å². The number of nitrogens with one attached hydrogen (secondary N) is 3. The van der Waals surface area contributed by atoms with Gasteiger partial charge in [0.15, 0.2) is 23.6 Å². The standard InChI is InChI=1S/C19H17F3N4O6/c1-9(32-19(29)10-3-5-12(23-2)14(7-10)26(30)31)18(28)24-8-15(27)25-13-6-4-11(20)16(21)17(13)22/h3-7,9,23H,8H2,1-2H3,(H,24,28)(H,25,27). The van der Waals surface area contributed by atoms with Gasteiger partial charge in [-0.25, -0.2) is 18.0 Å². The van der Waals surface area contributed by atoms with Crippen molar-refractivity contribution in [1.82, 2.24) is 5.32 Å². The summed E-state index contributed by atoms with van der Waals surface area (Å²) in [6.07, 6.45) is -1.39. The number of amides is 2. The van der Waals surface area contributed by atoms with Gasteiger partial charge in [0.05, 0.1) is 22.7 Å². The average molecular weight is 454 g/mol. The SMILES string of the molecule is CNc1ccc(C(=O)OC(C)C(=O)NCC(=O)Nc2ccc(F)c(F)c2F)cc1[N+](=O)[O-]. The lowest BCUT2D eigenvalue weighted by molar-refractivity contribution is -0.384. The fourth-order valence-electron chi connectivity index (χ4n) is 2.43. The molecule has 3 N–H and O–H groups in total. The van der Waals surface area contributed by atoms with E-state index in [1.807, 2.05) is 5.32 Å². The van der Waals surface area contributed by atoms with Gasteiger partial charge in [-0.2, -0.15) is 0 Å². The number of halogens is 3. The lowest BCUT2D eigenvalue weighted by Gasteiger charge is -2.14. The number of hydrogen-bond donors (Lipinski definition) is 3. The van der Waals surface area contributed by atoms with E-state index >= 15 is 0 Å². The molecule has 0 bridgehead atoms. The van der Waals surface area contributed by atoms with Crippen molar-refractivity contribution in [2.24, 2.45) is 0 Å². The second kappa shape index (κ2) is 10.2. The quantitative estimate of drug-likeness (QED) is 0.241. The van der Waals surface area contributed by atoms with E-state index < -0.39 is 58.5 Å². The molecule has 1 atom stereocenters. The summed E-state index contributed by atoms with van der Waals surface area (Å²) in [6, 6.07) is 4.94. The van der Waals surface area contributed by atoms with Crippen molar-refractivity contribution >= 4 is 34.8 Å². The first-order valence-electron chi connectivity index (χ1n) is 8.93. The third-order valence-electron chi connectivity index (χ3n) is 4.08. The number of rotatable bonds is 8. The van der Waals surface area contributed by atoms with Crippen molar-refractivity contribution in [2.45, 2.75) is 13.0 Å². The molecular weight excluding hydrogens is 437 g/mol. The second-order valence-corrected chi connectivity index (χ2v) is 6.28. The van der Waals surface area contributed by atoms with Crippen LogP contribution in [0.2, 0.25) is 0 Å². The zero-order valence-corrected chi connectivity index (χ0v) is 16.7. The van der Waals surface area contributed by atoms with Crippen LogP contribution in [0, 0.1) is 27.6 Å². The highest BCUT2D eigenvalue weighted by Gasteiger charge is 2.23. The van der Waals surface area contributed by atoms with Crippen LogP contribution in [-0.2, 0) is 14.3 Å². The van der Waals surface area contributed by atoms with E-state index in [1.165, 1.54) is 26.1 Å². The smallest absolute Gasteiger partial charge is 0.339 e. The van der Waals surface area contributed by atoms with E-state index in [2.05, 4.69) is 10.6 Å². The summed E-state index contributed by atoms with van der Waals surface area (Å²) in [5.74, 6) is -7.69. The van der Waals surface area contributed by atoms with Crippen LogP contribution in [0.4, 0.5) is 30.2 Å². The number of anilines is 2. The molecule has 10 nitrogen and oxygen atoms in total. The molecule has 0 saturated heterocycles. The number of nitrogens with zero attached hydrogens (tertiary/aromatic N) is 1. The third-order valence-corrected chi connectivity index (χ3v) is 4.08. The van der Waals surface area contributed by atoms with Crippen molar-refractivity contribution < 1.29 is 37.2 Å². The molecule has 170 valence electrons. The van der Waals surface area contributed by atoms with E-state index in [-0.39, 0.29) is 16.9 Å². The second-order valence-electron chi connectivity index (χ2n) is 6.28. The van der Waals surface area contributed by atoms with Crippen LogP contribution < -0.4 is 16.0 Å². The molecule has 0 fully saturated rings. The van der Waals surface area contributed by atoms with Crippen LogP contribution in [0.15, 0.2) is 30.3 Å². The highest BCUT2D eigenvalue weighted by atomic mass is 19.2. The molecule has 13 heteroatoms. The Balaban J connectivity index is 1.93. The van der Waals surface area contributed by atoms with E-state index in [0.29, 0.717) is 6.07 Å². The molecule has 2 rings (SSSR count). The summed E-state index contributed by atoms with van der Waals surface area (Å²) in [4.78, 5) is 46.4. The number of ether oxygens (including phenoxy) is 1. The summed E-state index contributed by atoms with van der Waals surface area (Å²) < 4.78 is 44.6. The van der Waals surface area contributed by atoms with Crippen LogP contribution in [0.25, 0.3) is 0 Å². The van der Waals surface area contributed by atoms with Gasteiger partial charge in [-0.3, -0.25) is 19.7 Å². The minimum atomic E-state index is -1.77. The molecule has 0 aromatic heterocycles. The largest absolute Gasteiger partial charge is 0.449 e. The van der Waals surface area contributed by atoms with Crippen LogP contribution >= 0.6 is 0 Å². The zero-order chi connectivity index (χ0) is 24.0. The minimum Gasteiger partial charge on any atom is -0.449 e. The lowest BCUT2D eigenvalue weighted by Crippen LogP contribution is -2.40. The maximum Gasteiger partial charge on any atom is 0.339 e. The third kappa shape index (κ3) is 5.71. The summed E-state index contributed by atoms with van der Waals surface area (Å²) in [5.41, 5.74) is -1.02. The maximum absolute atomic E-state index is 13.6. The molecule has 0 saturated carbocycles. The molecule has 2 aromatic rings. The Labute approximate surface area is 178 Å². The Kier molecular flexibility index (Phi) is 7.71. The van der Waals surface area contributed by atoms with Crippen LogP contribution in [0.3, 0.4) is 0 Å². The molecule has 0 spiro atoms. The Morgan fingerprint density at radius 1 is 1.09 bits per heavy atom. The van der Waals surface area contributed by atoms with Crippen molar-refractivity contribution in [3.8, 4) is 0 Å². The summed E-state index contributed by atoms with van der Waals surface area (Å²) in [5, 5.41) is 17.7. The van der Waals surface area contributed by atoms with E-state index in [9.17, 15) is 37.7 Å². The summed E-state index contributed by atoms with van der Waals surface area (Å²) in [6.45, 7) is 0.498. The molecule has 0 aliphatic heterocycles. The first-order valence-corrected chi connectivity index (χ1v) is 8.93. The van der Waals surface area contributed by atoms with Crippen LogP contribution in [0.1, 0.15) is 17.3 Å². The number of carbonyl (C=O) groups excluding carboxylic acids is 3. The number of benzene rings is 2. The zero-order valence-electron chi connectivity index (χ0n) is 16.7. The lowest BCUT2D eigenvalue weighted by atomic mass is 10.1. The fraction of sp³-hybridized carbons (Fsp3) is 0.211. The van der Waals surface area contributed by atoms with Crippen molar-refractivity contribution in [1.29, 1.82) is 0 Å². The van der Waals surface area contributed by atoms with Gasteiger partial charge < -0.3 is 20.7 Å². The van der Waals surface area contributed by atoms with Gasteiger partial charge in [0.1, 0.15) is 5.69 Å². The molecule has 32 heavy (non-hydrogen) atoms. The molecule has 0 aliphatic rings. The maximum atomic E-state index is 13.6. The molecule has 1 unspecified atom stereocenters. The highest BCUT2D eigenvalue weighted by Crippen LogP contribution is 2.25. The van der Waals surface area contributed by atoms with Crippen molar-refractivity contribution in [3.63, 3.8) is 0 Å². The van der Waals surface area contributed by atoms with Crippen LogP contribution in [-0.4, -0.2) is 42.4 Å². The van der Waals surface area contributed by atoms with Crippen LogP contribution in [0.5, 0.6) is 0 Å². The Bertz CT molecular complexity index is 1080. The molecule has 2 amide bonds. The Hall–Kier alpha value is -4.16. The van der Waals surface area contributed by atoms with Gasteiger partial charge in [-0.05, 0) is 31.2 Å². The van der Waals surface area contributed by atoms with Gasteiger partial charge in [-0.1, -0.05) is 0 Å². The predicted octanol–water partition coefficient (Wildman–Crippen LogP) is 2.35. The molecule has 2 aromatic carbocycles. The molecule has 0 heterocycles. The summed E-state index contributed by atoms with van der Waals surface area (Å²) >= 11 is 0. The number of nitro benzene ring substituents is 1. The van der Waals surface area contributed by atoms with Gasteiger partial charge in [0.25, 0.3) is 11.6 Å². The Morgan fingerprint density at radius 3 is 2.38 bits per heavy atom. The number of hydrogen-bond acceptors (Lipinski definition) is 7. The Morgan fingerprint density at radius 2 is 1.75 bits per heavy atom. The van der Waals surface area contributed by atoms with Crippen molar-refractivity contribution in [3.05, 3.63) is 63.5 Å². The average Bonchev–Trinajstić information content (AvgIpc) is 2.77. The van der Waals surface area contributed by atoms with Gasteiger partial charge in [0, 0.05) is 13.1 Å². The highest BCUT2D eigenvalue weighted by molar-refractivity contribution is 5.96. The molecule has 0 radical (unpaired) electrons. The van der Waals surface area contributed by atoms with Gasteiger partial charge in [0.2, 0.25) is 5.91 Å². The molecular formula is C19H17F3N4O6. The number of esters is 1. The monoisotopic (exact) mass is 454 g/mol. The van der Waals surface area contributed by atoms with Crippen molar-refractivity contribution in [2.75, 3.05) is 24.2 Å². The van der Waals surface area contributed by atoms with E-state index in [1.54, 1.807) is 0 Å². The topological polar surface area (TPSA) is 140 Å². The molecule has 0 aliphatic carbocycles. The number of carbonyl (C=O) groups is 3. The van der Waals surface area contributed by atoms with Gasteiger partial charge >= 0.3 is 5.97 Å². The minimum absolute atomic E-state index is 0.167.